The monoisotopic (exact) mass is 284 g/mol. The molecule has 5 nitrogen and oxygen atoms in total. The Bertz CT molecular complexity index is 592. The van der Waals surface area contributed by atoms with Crippen LogP contribution in [0.3, 0.4) is 0 Å². The summed E-state index contributed by atoms with van der Waals surface area (Å²) in [6, 6.07) is 3.10. The van der Waals surface area contributed by atoms with Crippen molar-refractivity contribution >= 4 is 15.9 Å². The standard InChI is InChI=1S/C13H20N2O3S/c1-8(2)15-13(16)11-6-9(3)10(4)12(7-11)19(17,18)14-5/h6-8,14H,1-5H3,(H,15,16). The molecule has 1 aromatic rings. The molecule has 0 radical (unpaired) electrons. The quantitative estimate of drug-likeness (QED) is 0.876. The number of carbonyl (C=O) groups excluding carboxylic acids is 1. The number of aryl methyl sites for hydroxylation is 1. The van der Waals surface area contributed by atoms with Gasteiger partial charge in [0, 0.05) is 11.6 Å². The Morgan fingerprint density at radius 3 is 2.26 bits per heavy atom. The first-order valence-corrected chi connectivity index (χ1v) is 7.53. The number of amides is 1. The first-order chi connectivity index (χ1) is 8.69. The maximum absolute atomic E-state index is 12.0. The molecule has 106 valence electrons. The van der Waals surface area contributed by atoms with Crippen LogP contribution in [0.1, 0.15) is 35.3 Å². The van der Waals surface area contributed by atoms with Crippen molar-refractivity contribution in [3.8, 4) is 0 Å². The van der Waals surface area contributed by atoms with Gasteiger partial charge in [-0.3, -0.25) is 4.79 Å². The van der Waals surface area contributed by atoms with Gasteiger partial charge < -0.3 is 5.32 Å². The average molecular weight is 284 g/mol. The molecule has 1 aromatic carbocycles. The van der Waals surface area contributed by atoms with Crippen molar-refractivity contribution in [1.82, 2.24) is 10.0 Å². The summed E-state index contributed by atoms with van der Waals surface area (Å²) in [6.07, 6.45) is 0. The fourth-order valence-corrected chi connectivity index (χ4v) is 2.76. The van der Waals surface area contributed by atoms with E-state index in [1.54, 1.807) is 19.9 Å². The molecular formula is C13H20N2O3S. The second-order valence-electron chi connectivity index (χ2n) is 4.75. The second-order valence-corrected chi connectivity index (χ2v) is 6.61. The van der Waals surface area contributed by atoms with Gasteiger partial charge in [-0.15, -0.1) is 0 Å². The van der Waals surface area contributed by atoms with Crippen LogP contribution in [0, 0.1) is 13.8 Å². The molecule has 0 aliphatic rings. The van der Waals surface area contributed by atoms with Crippen molar-refractivity contribution in [3.63, 3.8) is 0 Å². The molecule has 0 heterocycles. The van der Waals surface area contributed by atoms with E-state index in [9.17, 15) is 13.2 Å². The lowest BCUT2D eigenvalue weighted by Crippen LogP contribution is -2.30. The molecule has 0 unspecified atom stereocenters. The highest BCUT2D eigenvalue weighted by atomic mass is 32.2. The van der Waals surface area contributed by atoms with Crippen LogP contribution in [0.5, 0.6) is 0 Å². The smallest absolute Gasteiger partial charge is 0.251 e. The lowest BCUT2D eigenvalue weighted by Gasteiger charge is -2.13. The van der Waals surface area contributed by atoms with Crippen LogP contribution >= 0.6 is 0 Å². The molecule has 0 spiro atoms. The van der Waals surface area contributed by atoms with Crippen molar-refractivity contribution in [1.29, 1.82) is 0 Å². The van der Waals surface area contributed by atoms with Crippen molar-refractivity contribution in [2.24, 2.45) is 0 Å². The molecule has 2 N–H and O–H groups in total. The van der Waals surface area contributed by atoms with Crippen LogP contribution in [0.15, 0.2) is 17.0 Å². The highest BCUT2D eigenvalue weighted by Crippen LogP contribution is 2.21. The molecule has 0 atom stereocenters. The zero-order valence-electron chi connectivity index (χ0n) is 11.9. The normalized spacial score (nSPS) is 11.7. The molecule has 0 aliphatic carbocycles. The summed E-state index contributed by atoms with van der Waals surface area (Å²) in [5.74, 6) is -0.273. The Morgan fingerprint density at radius 1 is 1.21 bits per heavy atom. The zero-order chi connectivity index (χ0) is 14.8. The third-order valence-electron chi connectivity index (χ3n) is 2.86. The van der Waals surface area contributed by atoms with E-state index in [2.05, 4.69) is 10.0 Å². The van der Waals surface area contributed by atoms with E-state index < -0.39 is 10.0 Å². The van der Waals surface area contributed by atoms with Gasteiger partial charge in [0.05, 0.1) is 4.90 Å². The number of benzene rings is 1. The van der Waals surface area contributed by atoms with E-state index in [1.807, 2.05) is 13.8 Å². The van der Waals surface area contributed by atoms with Gasteiger partial charge in [0.25, 0.3) is 5.91 Å². The van der Waals surface area contributed by atoms with E-state index >= 15 is 0 Å². The Kier molecular flexibility index (Phi) is 4.70. The number of nitrogens with one attached hydrogen (secondary N) is 2. The fraction of sp³-hybridized carbons (Fsp3) is 0.462. The SMILES string of the molecule is CNS(=O)(=O)c1cc(C(=O)NC(C)C)cc(C)c1C. The van der Waals surface area contributed by atoms with Crippen molar-refractivity contribution in [2.45, 2.75) is 38.6 Å². The van der Waals surface area contributed by atoms with E-state index in [0.717, 1.165) is 5.56 Å². The first-order valence-electron chi connectivity index (χ1n) is 6.04. The van der Waals surface area contributed by atoms with Crippen molar-refractivity contribution in [3.05, 3.63) is 28.8 Å². The van der Waals surface area contributed by atoms with Crippen LogP contribution in [0.2, 0.25) is 0 Å². The summed E-state index contributed by atoms with van der Waals surface area (Å²) in [6.45, 7) is 7.22. The minimum Gasteiger partial charge on any atom is -0.350 e. The van der Waals surface area contributed by atoms with Crippen LogP contribution < -0.4 is 10.0 Å². The first kappa shape index (κ1) is 15.7. The van der Waals surface area contributed by atoms with Gasteiger partial charge >= 0.3 is 0 Å². The Balaban J connectivity index is 3.36. The number of sulfonamides is 1. The summed E-state index contributed by atoms with van der Waals surface area (Å²) >= 11 is 0. The molecule has 0 aliphatic heterocycles. The Morgan fingerprint density at radius 2 is 1.79 bits per heavy atom. The summed E-state index contributed by atoms with van der Waals surface area (Å²) in [5.41, 5.74) is 1.77. The van der Waals surface area contributed by atoms with Gasteiger partial charge in [-0.25, -0.2) is 13.1 Å². The predicted octanol–water partition coefficient (Wildman–Crippen LogP) is 1.35. The topological polar surface area (TPSA) is 75.3 Å². The molecule has 1 rings (SSSR count). The lowest BCUT2D eigenvalue weighted by molar-refractivity contribution is 0.0943. The van der Waals surface area contributed by atoms with E-state index in [0.29, 0.717) is 11.1 Å². The third-order valence-corrected chi connectivity index (χ3v) is 4.40. The van der Waals surface area contributed by atoms with Gasteiger partial charge in [-0.1, -0.05) is 0 Å². The third kappa shape index (κ3) is 3.54. The summed E-state index contributed by atoms with van der Waals surface area (Å²) in [5, 5.41) is 2.75. The molecule has 19 heavy (non-hydrogen) atoms. The molecule has 6 heteroatoms. The maximum atomic E-state index is 12.0. The number of carbonyl (C=O) groups is 1. The summed E-state index contributed by atoms with van der Waals surface area (Å²) in [7, 11) is -2.21. The number of hydrogen-bond acceptors (Lipinski definition) is 3. The van der Waals surface area contributed by atoms with Gasteiger partial charge in [0.1, 0.15) is 0 Å². The molecule has 0 aromatic heterocycles. The molecular weight excluding hydrogens is 264 g/mol. The van der Waals surface area contributed by atoms with Crippen molar-refractivity contribution < 1.29 is 13.2 Å². The molecule has 0 fully saturated rings. The predicted molar refractivity (Wildman–Crippen MR) is 74.8 cm³/mol. The molecule has 0 saturated heterocycles. The molecule has 0 bridgehead atoms. The fourth-order valence-electron chi connectivity index (χ4n) is 1.69. The highest BCUT2D eigenvalue weighted by Gasteiger charge is 2.19. The number of hydrogen-bond donors (Lipinski definition) is 2. The lowest BCUT2D eigenvalue weighted by atomic mass is 10.1. The van der Waals surface area contributed by atoms with Crippen LogP contribution in [-0.4, -0.2) is 27.4 Å². The highest BCUT2D eigenvalue weighted by molar-refractivity contribution is 7.89. The molecule has 0 saturated carbocycles. The maximum Gasteiger partial charge on any atom is 0.251 e. The number of rotatable bonds is 4. The molecule has 1 amide bonds. The largest absolute Gasteiger partial charge is 0.350 e. The second kappa shape index (κ2) is 5.71. The van der Waals surface area contributed by atoms with Crippen LogP contribution in [0.4, 0.5) is 0 Å². The van der Waals surface area contributed by atoms with Gasteiger partial charge in [-0.2, -0.15) is 0 Å². The van der Waals surface area contributed by atoms with Crippen LogP contribution in [0.25, 0.3) is 0 Å². The van der Waals surface area contributed by atoms with E-state index in [-0.39, 0.29) is 16.8 Å². The van der Waals surface area contributed by atoms with E-state index in [4.69, 9.17) is 0 Å². The van der Waals surface area contributed by atoms with E-state index in [1.165, 1.54) is 13.1 Å². The van der Waals surface area contributed by atoms with Gasteiger partial charge in [-0.05, 0) is 58.0 Å². The minimum atomic E-state index is -3.57. The summed E-state index contributed by atoms with van der Waals surface area (Å²) < 4.78 is 26.1. The zero-order valence-corrected chi connectivity index (χ0v) is 12.7. The Labute approximate surface area is 114 Å². The van der Waals surface area contributed by atoms with Gasteiger partial charge in [0.15, 0.2) is 0 Å². The van der Waals surface area contributed by atoms with Crippen LogP contribution in [-0.2, 0) is 10.0 Å². The van der Waals surface area contributed by atoms with Gasteiger partial charge in [0.2, 0.25) is 10.0 Å². The summed E-state index contributed by atoms with van der Waals surface area (Å²) in [4.78, 5) is 12.1. The van der Waals surface area contributed by atoms with Crippen molar-refractivity contribution in [2.75, 3.05) is 7.05 Å². The Hall–Kier alpha value is -1.40. The minimum absolute atomic E-state index is 0.00142. The average Bonchev–Trinajstić information content (AvgIpc) is 2.31.